The Morgan fingerprint density at radius 2 is 1.01 bits per heavy atom. The summed E-state index contributed by atoms with van der Waals surface area (Å²) in [6.45, 7) is 9.52. The Balaban J connectivity index is 0.882. The summed E-state index contributed by atoms with van der Waals surface area (Å²) in [5, 5.41) is 2.53. The maximum absolute atomic E-state index is 7.36. The lowest BCUT2D eigenvalue weighted by molar-refractivity contribution is 0.281. The van der Waals surface area contributed by atoms with Crippen LogP contribution in [0.1, 0.15) is 101 Å². The highest BCUT2D eigenvalue weighted by Gasteiger charge is 2.41. The van der Waals surface area contributed by atoms with Gasteiger partial charge in [0.25, 0.3) is 0 Å². The molecule has 1 heterocycles. The van der Waals surface area contributed by atoms with Crippen LogP contribution in [0.4, 0.5) is 0 Å². The molecule has 67 heavy (non-hydrogen) atoms. The van der Waals surface area contributed by atoms with Crippen LogP contribution in [0.2, 0.25) is 0 Å². The Kier molecular flexibility index (Phi) is 8.11. The molecule has 9 aromatic carbocycles. The second-order valence-corrected chi connectivity index (χ2v) is 20.7. The predicted molar refractivity (Wildman–Crippen MR) is 275 cm³/mol. The van der Waals surface area contributed by atoms with Gasteiger partial charge in [-0.2, -0.15) is 0 Å². The van der Waals surface area contributed by atoms with Crippen LogP contribution in [0.25, 0.3) is 56.2 Å². The maximum Gasteiger partial charge on any atom is 0.135 e. The summed E-state index contributed by atoms with van der Waals surface area (Å²) in [6.07, 6.45) is 3.29. The molecule has 5 aliphatic rings. The number of hydrogen-bond donors (Lipinski definition) is 0. The summed E-state index contributed by atoms with van der Waals surface area (Å²) >= 11 is 0. The van der Waals surface area contributed by atoms with E-state index in [0.29, 0.717) is 0 Å². The first-order valence-electron chi connectivity index (χ1n) is 24.1. The molecule has 1 aliphatic heterocycles. The number of fused-ring (bicyclic) bond motifs is 13. The van der Waals surface area contributed by atoms with Gasteiger partial charge in [-0.25, -0.2) is 0 Å². The lowest BCUT2D eigenvalue weighted by atomic mass is 9.78. The smallest absolute Gasteiger partial charge is 0.135 e. The normalized spacial score (nSPS) is 18.2. The van der Waals surface area contributed by atoms with Gasteiger partial charge in [0.1, 0.15) is 11.9 Å². The summed E-state index contributed by atoms with van der Waals surface area (Å²) in [6, 6.07) is 73.6. The second kappa shape index (κ2) is 14.0. The first-order chi connectivity index (χ1) is 32.7. The molecule has 1 heteroatoms. The zero-order valence-corrected chi connectivity index (χ0v) is 38.4. The molecule has 0 radical (unpaired) electrons. The van der Waals surface area contributed by atoms with Crippen LogP contribution in [0.15, 0.2) is 194 Å². The number of rotatable bonds is 5. The van der Waals surface area contributed by atoms with Gasteiger partial charge < -0.3 is 4.74 Å². The fourth-order valence-electron chi connectivity index (χ4n) is 13.1. The summed E-state index contributed by atoms with van der Waals surface area (Å²) in [4.78, 5) is 0. The standard InChI is InChI=1S/C66H50O/c1-65(2)57-22-11-9-18-50(57)52-31-28-43(36-59(52)65)62(40-26-24-39(25-27-40)46-20-13-21-49-47-16-7-5-14-41(47)34-55(46)49)45-30-33-54-56-35-42-15-6-8-17-48(42)63(64(56)67-61(54)38-45)44-29-32-53-51-19-10-12-23-58(51)66(3,4)60(53)37-44/h5-33,35-38,56,62,64H,34H2,1-4H3. The zero-order chi connectivity index (χ0) is 44.8. The molecular weight excluding hydrogens is 809 g/mol. The number of hydrogen-bond acceptors (Lipinski definition) is 1. The Morgan fingerprint density at radius 1 is 0.448 bits per heavy atom. The minimum Gasteiger partial charge on any atom is -0.484 e. The lowest BCUT2D eigenvalue weighted by Crippen LogP contribution is -2.39. The third-order valence-electron chi connectivity index (χ3n) is 16.4. The lowest BCUT2D eigenvalue weighted by Gasteiger charge is -2.26. The van der Waals surface area contributed by atoms with E-state index >= 15 is 0 Å². The highest BCUT2D eigenvalue weighted by Crippen LogP contribution is 2.53. The van der Waals surface area contributed by atoms with E-state index in [1.807, 2.05) is 0 Å². The molecule has 9 aromatic rings. The molecule has 1 nitrogen and oxygen atoms in total. The van der Waals surface area contributed by atoms with Crippen LogP contribution < -0.4 is 15.2 Å². The summed E-state index contributed by atoms with van der Waals surface area (Å²) in [5.74, 6) is 1.08. The Morgan fingerprint density at radius 3 is 1.79 bits per heavy atom. The molecule has 0 saturated heterocycles. The van der Waals surface area contributed by atoms with Gasteiger partial charge in [-0.05, 0) is 129 Å². The molecule has 14 rings (SSSR count). The summed E-state index contributed by atoms with van der Waals surface area (Å²) in [5.41, 5.74) is 26.5. The van der Waals surface area contributed by atoms with Crippen molar-refractivity contribution in [3.63, 3.8) is 0 Å². The van der Waals surface area contributed by atoms with Gasteiger partial charge in [-0.15, -0.1) is 0 Å². The zero-order valence-electron chi connectivity index (χ0n) is 38.4. The van der Waals surface area contributed by atoms with E-state index in [2.05, 4.69) is 228 Å². The maximum atomic E-state index is 7.36. The highest BCUT2D eigenvalue weighted by molar-refractivity contribution is 5.87. The van der Waals surface area contributed by atoms with Crippen LogP contribution in [-0.4, -0.2) is 6.10 Å². The van der Waals surface area contributed by atoms with Crippen LogP contribution >= 0.6 is 0 Å². The Hall–Kier alpha value is -7.48. The third kappa shape index (κ3) is 5.55. The van der Waals surface area contributed by atoms with Crippen molar-refractivity contribution in [2.45, 2.75) is 62.9 Å². The molecule has 0 amide bonds. The summed E-state index contributed by atoms with van der Waals surface area (Å²) in [7, 11) is 0. The molecule has 0 bridgehead atoms. The van der Waals surface area contributed by atoms with E-state index in [-0.39, 0.29) is 28.8 Å². The van der Waals surface area contributed by atoms with E-state index in [0.717, 1.165) is 12.2 Å². The average molecular weight is 859 g/mol. The second-order valence-electron chi connectivity index (χ2n) is 20.7. The molecule has 0 fully saturated rings. The van der Waals surface area contributed by atoms with Gasteiger partial charge in [-0.3, -0.25) is 0 Å². The molecule has 0 aromatic heterocycles. The van der Waals surface area contributed by atoms with Crippen LogP contribution in [0.3, 0.4) is 0 Å². The van der Waals surface area contributed by atoms with Crippen molar-refractivity contribution >= 4 is 11.6 Å². The minimum absolute atomic E-state index is 0.00802. The molecule has 3 unspecified atom stereocenters. The summed E-state index contributed by atoms with van der Waals surface area (Å²) < 4.78 is 7.36. The molecule has 0 N–H and O–H groups in total. The molecule has 320 valence electrons. The van der Waals surface area contributed by atoms with E-state index in [1.54, 1.807) is 0 Å². The van der Waals surface area contributed by atoms with Crippen LogP contribution in [0, 0.1) is 0 Å². The first kappa shape index (κ1) is 38.8. The van der Waals surface area contributed by atoms with E-state index in [1.165, 1.54) is 122 Å². The average Bonchev–Trinajstić information content (AvgIpc) is 4.06. The topological polar surface area (TPSA) is 9.23 Å². The van der Waals surface area contributed by atoms with Crippen molar-refractivity contribution in [2.75, 3.05) is 0 Å². The quantitative estimate of drug-likeness (QED) is 0.157. The van der Waals surface area contributed by atoms with Gasteiger partial charge >= 0.3 is 0 Å². The number of benzene rings is 9. The SMILES string of the molecule is CC1(C)c2ccccc2-c2ccc(C3=c4ccccc4=CC4c5ccc(C(c6ccc(-c7cccc8c7Cc7ccccc7-8)cc6)c6ccc7c(c6)C(C)(C)c6ccccc6-7)cc5OC34)cc21. The molecule has 3 atom stereocenters. The predicted octanol–water partition coefficient (Wildman–Crippen LogP) is 14.3. The van der Waals surface area contributed by atoms with E-state index in [4.69, 9.17) is 4.74 Å². The number of ether oxygens (including phenoxy) is 1. The van der Waals surface area contributed by atoms with E-state index in [9.17, 15) is 0 Å². The van der Waals surface area contributed by atoms with Gasteiger partial charge in [-0.1, -0.05) is 216 Å². The highest BCUT2D eigenvalue weighted by atomic mass is 16.5. The van der Waals surface area contributed by atoms with Gasteiger partial charge in [0, 0.05) is 33.8 Å². The van der Waals surface area contributed by atoms with Crippen molar-refractivity contribution < 1.29 is 4.74 Å². The molecule has 0 spiro atoms. The Bertz CT molecular complexity index is 3710. The van der Waals surface area contributed by atoms with Gasteiger partial charge in [0.15, 0.2) is 0 Å². The van der Waals surface area contributed by atoms with Crippen LogP contribution in [-0.2, 0) is 17.3 Å². The van der Waals surface area contributed by atoms with Crippen LogP contribution in [0.5, 0.6) is 5.75 Å². The fourth-order valence-corrected chi connectivity index (χ4v) is 13.1. The molecular formula is C66H50O. The van der Waals surface area contributed by atoms with Crippen molar-refractivity contribution in [1.29, 1.82) is 0 Å². The molecule has 0 saturated carbocycles. The largest absolute Gasteiger partial charge is 0.484 e. The van der Waals surface area contributed by atoms with Crippen molar-refractivity contribution in [1.82, 2.24) is 0 Å². The first-order valence-corrected chi connectivity index (χ1v) is 24.1. The van der Waals surface area contributed by atoms with E-state index < -0.39 is 0 Å². The van der Waals surface area contributed by atoms with Crippen molar-refractivity contribution in [2.24, 2.45) is 0 Å². The van der Waals surface area contributed by atoms with Gasteiger partial charge in [0.2, 0.25) is 0 Å². The third-order valence-corrected chi connectivity index (χ3v) is 16.4. The Labute approximate surface area is 393 Å². The minimum atomic E-state index is -0.138. The molecule has 4 aliphatic carbocycles. The monoisotopic (exact) mass is 858 g/mol. The van der Waals surface area contributed by atoms with Crippen molar-refractivity contribution in [3.8, 4) is 50.3 Å². The van der Waals surface area contributed by atoms with Crippen molar-refractivity contribution in [3.05, 3.63) is 266 Å². The fraction of sp³-hybridized carbons (Fsp3) is 0.152. The van der Waals surface area contributed by atoms with Gasteiger partial charge in [0.05, 0.1) is 0 Å².